The number of aliphatic carboxylic acids is 1. The normalized spacial score (nSPS) is 12.7. The van der Waals surface area contributed by atoms with Crippen molar-refractivity contribution in [2.24, 2.45) is 0 Å². The molecule has 116 valence electrons. The number of sulfonamides is 1. The largest absolute Gasteiger partial charge is 0.480 e. The van der Waals surface area contributed by atoms with E-state index in [4.69, 9.17) is 5.11 Å². The fourth-order valence-corrected chi connectivity index (χ4v) is 2.85. The molecule has 8 heteroatoms. The first-order chi connectivity index (χ1) is 9.76. The predicted octanol–water partition coefficient (Wildman–Crippen LogP) is 0.464. The van der Waals surface area contributed by atoms with Gasteiger partial charge >= 0.3 is 5.97 Å². The zero-order valence-electron chi connectivity index (χ0n) is 11.8. The van der Waals surface area contributed by atoms with Crippen LogP contribution in [0.5, 0.6) is 0 Å². The molecule has 0 aliphatic carbocycles. The fourth-order valence-electron chi connectivity index (χ4n) is 1.58. The van der Waals surface area contributed by atoms with Crippen molar-refractivity contribution in [3.63, 3.8) is 0 Å². The zero-order chi connectivity index (χ0) is 16.0. The third-order valence-electron chi connectivity index (χ3n) is 2.78. The number of benzene rings is 1. The van der Waals surface area contributed by atoms with E-state index in [1.807, 2.05) is 0 Å². The van der Waals surface area contributed by atoms with Crippen molar-refractivity contribution < 1.29 is 23.1 Å². The average Bonchev–Trinajstić information content (AvgIpc) is 2.42. The van der Waals surface area contributed by atoms with E-state index in [9.17, 15) is 18.0 Å². The van der Waals surface area contributed by atoms with Gasteiger partial charge in [0, 0.05) is 13.5 Å². The number of nitrogens with one attached hydrogen (secondary N) is 2. The molecule has 0 saturated carbocycles. The number of carbonyl (C=O) groups excluding carboxylic acids is 1. The maximum Gasteiger partial charge on any atom is 0.321 e. The molecule has 1 aromatic rings. The van der Waals surface area contributed by atoms with Crippen LogP contribution >= 0.6 is 0 Å². The number of carboxylic acid groups (broad SMARTS) is 1. The first kappa shape index (κ1) is 17.1. The standard InChI is InChI=1S/C13H18N2O5S/c1-3-12(13(17)18)15-21(19,20)11-6-4-10(5-7-11)8-14-9(2)16/h4-7,12,15H,3,8H2,1-2H3,(H,14,16)(H,17,18)/t12-/m0/s1. The SMILES string of the molecule is CC[C@H](NS(=O)(=O)c1ccc(CNC(C)=O)cc1)C(=O)O. The minimum Gasteiger partial charge on any atom is -0.480 e. The summed E-state index contributed by atoms with van der Waals surface area (Å²) in [5.41, 5.74) is 0.745. The first-order valence-electron chi connectivity index (χ1n) is 6.34. The second kappa shape index (κ2) is 7.19. The zero-order valence-corrected chi connectivity index (χ0v) is 12.6. The van der Waals surface area contributed by atoms with Gasteiger partial charge in [0.25, 0.3) is 0 Å². The molecule has 1 aromatic carbocycles. The van der Waals surface area contributed by atoms with Gasteiger partial charge in [0.15, 0.2) is 0 Å². The van der Waals surface area contributed by atoms with Gasteiger partial charge in [-0.1, -0.05) is 19.1 Å². The number of rotatable bonds is 7. The monoisotopic (exact) mass is 314 g/mol. The molecule has 3 N–H and O–H groups in total. The molecule has 7 nitrogen and oxygen atoms in total. The highest BCUT2D eigenvalue weighted by molar-refractivity contribution is 7.89. The van der Waals surface area contributed by atoms with Crippen LogP contribution in [0, 0.1) is 0 Å². The molecule has 0 aliphatic heterocycles. The second-order valence-corrected chi connectivity index (χ2v) is 6.19. The number of carbonyl (C=O) groups is 2. The van der Waals surface area contributed by atoms with E-state index in [1.165, 1.54) is 19.1 Å². The van der Waals surface area contributed by atoms with Crippen LogP contribution in [-0.4, -0.2) is 31.4 Å². The molecule has 0 fully saturated rings. The molecule has 0 unspecified atom stereocenters. The molecular weight excluding hydrogens is 296 g/mol. The summed E-state index contributed by atoms with van der Waals surface area (Å²) in [6, 6.07) is 4.70. The highest BCUT2D eigenvalue weighted by atomic mass is 32.2. The molecule has 1 amide bonds. The number of amides is 1. The van der Waals surface area contributed by atoms with Crippen LogP contribution in [-0.2, 0) is 26.2 Å². The van der Waals surface area contributed by atoms with Gasteiger partial charge in [0.1, 0.15) is 6.04 Å². The van der Waals surface area contributed by atoms with Crippen molar-refractivity contribution >= 4 is 21.9 Å². The lowest BCUT2D eigenvalue weighted by atomic mass is 10.2. The molecular formula is C13H18N2O5S. The summed E-state index contributed by atoms with van der Waals surface area (Å²) >= 11 is 0. The maximum absolute atomic E-state index is 12.0. The summed E-state index contributed by atoms with van der Waals surface area (Å²) in [5, 5.41) is 11.5. The van der Waals surface area contributed by atoms with Gasteiger partial charge < -0.3 is 10.4 Å². The minimum atomic E-state index is -3.88. The van der Waals surface area contributed by atoms with Crippen molar-refractivity contribution in [1.82, 2.24) is 10.0 Å². The average molecular weight is 314 g/mol. The van der Waals surface area contributed by atoms with Crippen molar-refractivity contribution in [1.29, 1.82) is 0 Å². The van der Waals surface area contributed by atoms with Gasteiger partial charge in [-0.05, 0) is 24.1 Å². The molecule has 0 radical (unpaired) electrons. The Labute approximate surface area is 123 Å². The summed E-state index contributed by atoms with van der Waals surface area (Å²) in [5.74, 6) is -1.40. The van der Waals surface area contributed by atoms with Gasteiger partial charge in [0.05, 0.1) is 4.90 Å². The first-order valence-corrected chi connectivity index (χ1v) is 7.83. The smallest absolute Gasteiger partial charge is 0.321 e. The summed E-state index contributed by atoms with van der Waals surface area (Å²) < 4.78 is 26.2. The Morgan fingerprint density at radius 1 is 1.24 bits per heavy atom. The quantitative estimate of drug-likeness (QED) is 0.677. The van der Waals surface area contributed by atoms with E-state index in [1.54, 1.807) is 19.1 Å². The van der Waals surface area contributed by atoms with Crippen molar-refractivity contribution in [3.05, 3.63) is 29.8 Å². The highest BCUT2D eigenvalue weighted by Crippen LogP contribution is 2.12. The number of hydrogen-bond acceptors (Lipinski definition) is 4. The Kier molecular flexibility index (Phi) is 5.86. The Morgan fingerprint density at radius 3 is 2.24 bits per heavy atom. The Balaban J connectivity index is 2.84. The van der Waals surface area contributed by atoms with Crippen LogP contribution in [0.15, 0.2) is 29.2 Å². The lowest BCUT2D eigenvalue weighted by molar-refractivity contribution is -0.139. The lowest BCUT2D eigenvalue weighted by Gasteiger charge is -2.13. The third kappa shape index (κ3) is 5.16. The molecule has 1 atom stereocenters. The van der Waals surface area contributed by atoms with Gasteiger partial charge in [-0.3, -0.25) is 9.59 Å². The molecule has 0 bridgehead atoms. The molecule has 1 rings (SSSR count). The Morgan fingerprint density at radius 2 is 1.81 bits per heavy atom. The predicted molar refractivity (Wildman–Crippen MR) is 76.0 cm³/mol. The van der Waals surface area contributed by atoms with Gasteiger partial charge in [-0.2, -0.15) is 4.72 Å². The fraction of sp³-hybridized carbons (Fsp3) is 0.385. The van der Waals surface area contributed by atoms with E-state index in [2.05, 4.69) is 10.0 Å². The van der Waals surface area contributed by atoms with Crippen molar-refractivity contribution in [2.75, 3.05) is 0 Å². The minimum absolute atomic E-state index is 0.0197. The van der Waals surface area contributed by atoms with Crippen molar-refractivity contribution in [2.45, 2.75) is 37.8 Å². The molecule has 0 heterocycles. The van der Waals surface area contributed by atoms with E-state index >= 15 is 0 Å². The molecule has 0 spiro atoms. The summed E-state index contributed by atoms with van der Waals surface area (Å²) in [7, 11) is -3.88. The molecule has 0 aromatic heterocycles. The molecule has 0 saturated heterocycles. The highest BCUT2D eigenvalue weighted by Gasteiger charge is 2.23. The lowest BCUT2D eigenvalue weighted by Crippen LogP contribution is -2.40. The van der Waals surface area contributed by atoms with Crippen LogP contribution in [0.1, 0.15) is 25.8 Å². The van der Waals surface area contributed by atoms with Gasteiger partial charge in [-0.25, -0.2) is 8.42 Å². The summed E-state index contributed by atoms with van der Waals surface area (Å²) in [6.45, 7) is 3.27. The summed E-state index contributed by atoms with van der Waals surface area (Å²) in [6.07, 6.45) is 0.148. The van der Waals surface area contributed by atoms with E-state index < -0.39 is 22.0 Å². The van der Waals surface area contributed by atoms with Gasteiger partial charge in [-0.15, -0.1) is 0 Å². The second-order valence-electron chi connectivity index (χ2n) is 4.47. The van der Waals surface area contributed by atoms with Crippen LogP contribution in [0.3, 0.4) is 0 Å². The van der Waals surface area contributed by atoms with E-state index in [-0.39, 0.29) is 17.2 Å². The Bertz CT molecular complexity index is 610. The van der Waals surface area contributed by atoms with Crippen LogP contribution in [0.4, 0.5) is 0 Å². The summed E-state index contributed by atoms with van der Waals surface area (Å²) in [4.78, 5) is 21.6. The van der Waals surface area contributed by atoms with Crippen LogP contribution in [0.25, 0.3) is 0 Å². The third-order valence-corrected chi connectivity index (χ3v) is 4.27. The molecule has 0 aliphatic rings. The molecule has 21 heavy (non-hydrogen) atoms. The van der Waals surface area contributed by atoms with Crippen LogP contribution < -0.4 is 10.0 Å². The number of hydrogen-bond donors (Lipinski definition) is 3. The Hall–Kier alpha value is -1.93. The topological polar surface area (TPSA) is 113 Å². The maximum atomic E-state index is 12.0. The van der Waals surface area contributed by atoms with Gasteiger partial charge in [0.2, 0.25) is 15.9 Å². The van der Waals surface area contributed by atoms with E-state index in [0.29, 0.717) is 6.54 Å². The number of carboxylic acids is 1. The van der Waals surface area contributed by atoms with E-state index in [0.717, 1.165) is 5.56 Å². The van der Waals surface area contributed by atoms with Crippen molar-refractivity contribution in [3.8, 4) is 0 Å². The van der Waals surface area contributed by atoms with Crippen LogP contribution in [0.2, 0.25) is 0 Å².